The molecule has 1 aliphatic heterocycles. The lowest BCUT2D eigenvalue weighted by Crippen LogP contribution is -2.19. The molecule has 1 saturated heterocycles. The quantitative estimate of drug-likeness (QED) is 0.589. The molecule has 0 N–H and O–H groups in total. The number of hydrogen-bond acceptors (Lipinski definition) is 3. The Kier molecular flexibility index (Phi) is 5.98. The summed E-state index contributed by atoms with van der Waals surface area (Å²) in [6, 6.07) is 19.2. The second-order valence-electron chi connectivity index (χ2n) is 7.80. The highest BCUT2D eigenvalue weighted by atomic mass is 16.6. The second-order valence-corrected chi connectivity index (χ2v) is 7.80. The van der Waals surface area contributed by atoms with Gasteiger partial charge < -0.3 is 14.4 Å². The van der Waals surface area contributed by atoms with Gasteiger partial charge in [-0.15, -0.1) is 0 Å². The molecule has 0 aromatic heterocycles. The fourth-order valence-corrected chi connectivity index (χ4v) is 3.77. The molecule has 1 aliphatic carbocycles. The van der Waals surface area contributed by atoms with Gasteiger partial charge in [-0.25, -0.2) is 0 Å². The zero-order valence-corrected chi connectivity index (χ0v) is 17.5. The molecule has 2 atom stereocenters. The number of ether oxygens (including phenoxy) is 2. The minimum Gasteiger partial charge on any atom is -0.492 e. The largest absolute Gasteiger partial charge is 0.492 e. The predicted octanol–water partition coefficient (Wildman–Crippen LogP) is 5.10. The van der Waals surface area contributed by atoms with E-state index in [2.05, 4.69) is 98.7 Å². The minimum atomic E-state index is 0.251. The molecule has 0 saturated carbocycles. The van der Waals surface area contributed by atoms with Crippen molar-refractivity contribution in [2.75, 3.05) is 27.2 Å². The summed E-state index contributed by atoms with van der Waals surface area (Å²) >= 11 is 0. The van der Waals surface area contributed by atoms with Crippen LogP contribution in [-0.4, -0.2) is 44.4 Å². The third kappa shape index (κ3) is 4.69. The van der Waals surface area contributed by atoms with Crippen molar-refractivity contribution in [3.05, 3.63) is 95.1 Å². The lowest BCUT2D eigenvalue weighted by molar-refractivity contribution is 0.261. The molecule has 1 fully saturated rings. The highest BCUT2D eigenvalue weighted by molar-refractivity contribution is 5.85. The van der Waals surface area contributed by atoms with Crippen molar-refractivity contribution < 1.29 is 9.47 Å². The lowest BCUT2D eigenvalue weighted by atomic mass is 9.86. The van der Waals surface area contributed by atoms with Crippen molar-refractivity contribution in [1.82, 2.24) is 4.90 Å². The molecule has 0 bridgehead atoms. The van der Waals surface area contributed by atoms with E-state index in [1.54, 1.807) is 0 Å². The molecule has 4 rings (SSSR count). The first-order valence-electron chi connectivity index (χ1n) is 10.4. The average Bonchev–Trinajstić information content (AvgIpc) is 3.52. The van der Waals surface area contributed by atoms with E-state index in [1.807, 2.05) is 0 Å². The topological polar surface area (TPSA) is 25.0 Å². The molecule has 0 amide bonds. The first-order valence-corrected chi connectivity index (χ1v) is 10.4. The third-order valence-corrected chi connectivity index (χ3v) is 5.39. The van der Waals surface area contributed by atoms with Crippen LogP contribution in [0.25, 0.3) is 5.57 Å². The van der Waals surface area contributed by atoms with Crippen LogP contribution in [0.5, 0.6) is 5.75 Å². The number of benzene rings is 2. The smallest absolute Gasteiger partial charge is 0.119 e. The van der Waals surface area contributed by atoms with Gasteiger partial charge in [-0.1, -0.05) is 61.5 Å². The summed E-state index contributed by atoms with van der Waals surface area (Å²) in [6.45, 7) is 3.82. The zero-order chi connectivity index (χ0) is 20.2. The van der Waals surface area contributed by atoms with Gasteiger partial charge in [0.2, 0.25) is 0 Å². The first-order chi connectivity index (χ1) is 14.2. The van der Waals surface area contributed by atoms with Gasteiger partial charge in [0, 0.05) is 6.54 Å². The Morgan fingerprint density at radius 1 is 0.966 bits per heavy atom. The van der Waals surface area contributed by atoms with Crippen molar-refractivity contribution in [1.29, 1.82) is 0 Å². The van der Waals surface area contributed by atoms with Gasteiger partial charge in [-0.3, -0.25) is 0 Å². The van der Waals surface area contributed by atoms with Crippen molar-refractivity contribution in [3.63, 3.8) is 0 Å². The van der Waals surface area contributed by atoms with E-state index in [9.17, 15) is 0 Å². The van der Waals surface area contributed by atoms with Crippen LogP contribution < -0.4 is 4.74 Å². The summed E-state index contributed by atoms with van der Waals surface area (Å²) in [6.07, 6.45) is 8.16. The number of epoxide rings is 1. The molecule has 0 spiro atoms. The molecule has 0 radical (unpaired) electrons. The summed E-state index contributed by atoms with van der Waals surface area (Å²) < 4.78 is 11.5. The zero-order valence-electron chi connectivity index (χ0n) is 17.5. The van der Waals surface area contributed by atoms with E-state index in [0.717, 1.165) is 18.7 Å². The van der Waals surface area contributed by atoms with Crippen molar-refractivity contribution in [2.24, 2.45) is 0 Å². The Hall–Kier alpha value is -2.62. The number of fused-ring (bicyclic) bond motifs is 1. The van der Waals surface area contributed by atoms with Crippen LogP contribution in [0.3, 0.4) is 0 Å². The summed E-state index contributed by atoms with van der Waals surface area (Å²) in [4.78, 5) is 2.12. The predicted molar refractivity (Wildman–Crippen MR) is 119 cm³/mol. The standard InChI is InChI=1S/C26H29NO2/c1-4-23(21-12-15-24-25(18-21)29-24)26(19-8-6-5-7-9-19)20-10-13-22(14-11-20)28-17-16-27(2)3/h5-15,18,24-25H,4,16-17H2,1-3H3. The van der Waals surface area contributed by atoms with Crippen LogP contribution >= 0.6 is 0 Å². The highest BCUT2D eigenvalue weighted by Crippen LogP contribution is 2.38. The molecular formula is C26H29NO2. The SMILES string of the molecule is CCC(C1=CC2OC2C=C1)=C(c1ccccc1)c1ccc(OCCN(C)C)cc1. The maximum absolute atomic E-state index is 5.88. The Morgan fingerprint density at radius 3 is 2.34 bits per heavy atom. The molecule has 3 heteroatoms. The van der Waals surface area contributed by atoms with E-state index in [1.165, 1.54) is 27.8 Å². The third-order valence-electron chi connectivity index (χ3n) is 5.39. The van der Waals surface area contributed by atoms with Crippen LogP contribution in [0, 0.1) is 0 Å². The van der Waals surface area contributed by atoms with Crippen molar-refractivity contribution in [2.45, 2.75) is 25.6 Å². The summed E-state index contributed by atoms with van der Waals surface area (Å²) in [5.41, 5.74) is 6.35. The van der Waals surface area contributed by atoms with E-state index >= 15 is 0 Å². The maximum Gasteiger partial charge on any atom is 0.119 e. The van der Waals surface area contributed by atoms with Crippen LogP contribution in [0.2, 0.25) is 0 Å². The van der Waals surface area contributed by atoms with Crippen LogP contribution in [-0.2, 0) is 4.74 Å². The lowest BCUT2D eigenvalue weighted by Gasteiger charge is -2.18. The fourth-order valence-electron chi connectivity index (χ4n) is 3.77. The van der Waals surface area contributed by atoms with Gasteiger partial charge in [0.05, 0.1) is 0 Å². The number of likely N-dealkylation sites (N-methyl/N-ethyl adjacent to an activating group) is 1. The Bertz CT molecular complexity index is 923. The summed E-state index contributed by atoms with van der Waals surface area (Å²) in [5, 5.41) is 0. The van der Waals surface area contributed by atoms with E-state index in [-0.39, 0.29) is 12.2 Å². The van der Waals surface area contributed by atoms with E-state index < -0.39 is 0 Å². The van der Waals surface area contributed by atoms with Crippen LogP contribution in [0.1, 0.15) is 24.5 Å². The van der Waals surface area contributed by atoms with Gasteiger partial charge in [0.25, 0.3) is 0 Å². The van der Waals surface area contributed by atoms with Crippen LogP contribution in [0.4, 0.5) is 0 Å². The van der Waals surface area contributed by atoms with Gasteiger partial charge in [0.15, 0.2) is 0 Å². The normalized spacial score (nSPS) is 20.8. The highest BCUT2D eigenvalue weighted by Gasteiger charge is 2.37. The molecule has 29 heavy (non-hydrogen) atoms. The maximum atomic E-state index is 5.88. The Morgan fingerprint density at radius 2 is 1.69 bits per heavy atom. The summed E-state index contributed by atoms with van der Waals surface area (Å²) in [7, 11) is 4.11. The molecule has 2 unspecified atom stereocenters. The van der Waals surface area contributed by atoms with Crippen LogP contribution in [0.15, 0.2) is 84.0 Å². The monoisotopic (exact) mass is 387 g/mol. The molecule has 150 valence electrons. The molecular weight excluding hydrogens is 358 g/mol. The molecule has 3 nitrogen and oxygen atoms in total. The van der Waals surface area contributed by atoms with Gasteiger partial charge in [-0.2, -0.15) is 0 Å². The number of rotatable bonds is 8. The van der Waals surface area contributed by atoms with E-state index in [4.69, 9.17) is 9.47 Å². The molecule has 2 aromatic carbocycles. The Labute approximate surface area is 174 Å². The number of nitrogens with zero attached hydrogens (tertiary/aromatic N) is 1. The number of allylic oxidation sites excluding steroid dienone is 3. The molecule has 1 heterocycles. The average molecular weight is 388 g/mol. The Balaban J connectivity index is 1.69. The van der Waals surface area contributed by atoms with Crippen molar-refractivity contribution in [3.8, 4) is 5.75 Å². The van der Waals surface area contributed by atoms with Gasteiger partial charge in [0.1, 0.15) is 24.6 Å². The summed E-state index contributed by atoms with van der Waals surface area (Å²) in [5.74, 6) is 0.909. The van der Waals surface area contributed by atoms with Gasteiger partial charge >= 0.3 is 0 Å². The molecule has 2 aliphatic rings. The van der Waals surface area contributed by atoms with Crippen molar-refractivity contribution >= 4 is 5.57 Å². The first kappa shape index (κ1) is 19.7. The second kappa shape index (κ2) is 8.81. The number of hydrogen-bond donors (Lipinski definition) is 0. The fraction of sp³-hybridized carbons (Fsp3) is 0.308. The van der Waals surface area contributed by atoms with Gasteiger partial charge in [-0.05, 0) is 66.6 Å². The van der Waals surface area contributed by atoms with E-state index in [0.29, 0.717) is 6.61 Å². The molecule has 2 aromatic rings. The minimum absolute atomic E-state index is 0.251.